The summed E-state index contributed by atoms with van der Waals surface area (Å²) in [5.41, 5.74) is 0.973. The average Bonchev–Trinajstić information content (AvgIpc) is 2.30. The van der Waals surface area contributed by atoms with E-state index in [0.29, 0.717) is 17.9 Å². The number of amides is 1. The van der Waals surface area contributed by atoms with E-state index in [1.54, 1.807) is 31.2 Å². The van der Waals surface area contributed by atoms with Crippen molar-refractivity contribution in [1.82, 2.24) is 0 Å². The van der Waals surface area contributed by atoms with Crippen LogP contribution in [-0.4, -0.2) is 24.4 Å². The molecule has 1 amide bonds. The summed E-state index contributed by atoms with van der Waals surface area (Å²) in [5, 5.41) is 2.65. The van der Waals surface area contributed by atoms with Crippen molar-refractivity contribution < 1.29 is 14.3 Å². The number of carbonyl (C=O) groups is 2. The van der Waals surface area contributed by atoms with E-state index in [0.717, 1.165) is 0 Å². The number of hydrogen-bond donors (Lipinski definition) is 1. The predicted octanol–water partition coefficient (Wildman–Crippen LogP) is 2.43. The molecule has 1 aromatic carbocycles. The molecule has 0 spiro atoms. The number of hydrogen-bond acceptors (Lipinski definition) is 3. The van der Waals surface area contributed by atoms with E-state index in [2.05, 4.69) is 5.32 Å². The number of anilines is 1. The van der Waals surface area contributed by atoms with Crippen LogP contribution in [0, 0.1) is 0 Å². The van der Waals surface area contributed by atoms with Crippen LogP contribution in [0.3, 0.4) is 0 Å². The molecule has 4 nitrogen and oxygen atoms in total. The van der Waals surface area contributed by atoms with Crippen molar-refractivity contribution in [3.63, 3.8) is 0 Å². The molecule has 17 heavy (non-hydrogen) atoms. The highest BCUT2D eigenvalue weighted by molar-refractivity contribution is 6.19. The molecule has 0 aliphatic carbocycles. The first-order valence-corrected chi connectivity index (χ1v) is 5.83. The van der Waals surface area contributed by atoms with Gasteiger partial charge in [-0.25, -0.2) is 4.79 Å². The van der Waals surface area contributed by atoms with Crippen molar-refractivity contribution in [2.45, 2.75) is 13.3 Å². The molecule has 0 heterocycles. The monoisotopic (exact) mass is 255 g/mol. The van der Waals surface area contributed by atoms with E-state index < -0.39 is 5.97 Å². The van der Waals surface area contributed by atoms with Gasteiger partial charge in [-0.1, -0.05) is 6.07 Å². The lowest BCUT2D eigenvalue weighted by Gasteiger charge is -2.06. The molecule has 92 valence electrons. The van der Waals surface area contributed by atoms with Gasteiger partial charge in [-0.15, -0.1) is 11.6 Å². The molecule has 0 radical (unpaired) electrons. The van der Waals surface area contributed by atoms with Gasteiger partial charge in [0, 0.05) is 18.0 Å². The zero-order chi connectivity index (χ0) is 12.7. The van der Waals surface area contributed by atoms with Gasteiger partial charge in [-0.2, -0.15) is 0 Å². The van der Waals surface area contributed by atoms with Crippen molar-refractivity contribution in [2.75, 3.05) is 17.8 Å². The minimum Gasteiger partial charge on any atom is -0.462 e. The Kier molecular flexibility index (Phi) is 5.49. The largest absolute Gasteiger partial charge is 0.462 e. The highest BCUT2D eigenvalue weighted by Gasteiger charge is 2.08. The lowest BCUT2D eigenvalue weighted by atomic mass is 10.2. The first kappa shape index (κ1) is 13.5. The quantitative estimate of drug-likeness (QED) is 0.649. The molecule has 0 bridgehead atoms. The van der Waals surface area contributed by atoms with Crippen molar-refractivity contribution in [3.05, 3.63) is 29.8 Å². The summed E-state index contributed by atoms with van der Waals surface area (Å²) in [6.45, 7) is 2.06. The Labute approximate surface area is 105 Å². The number of nitrogens with one attached hydrogen (secondary N) is 1. The summed E-state index contributed by atoms with van der Waals surface area (Å²) in [7, 11) is 0. The van der Waals surface area contributed by atoms with Gasteiger partial charge in [0.25, 0.3) is 0 Å². The Hall–Kier alpha value is -1.55. The molecule has 0 saturated carbocycles. The van der Waals surface area contributed by atoms with E-state index in [-0.39, 0.29) is 18.2 Å². The minimum atomic E-state index is -0.402. The number of alkyl halides is 1. The van der Waals surface area contributed by atoms with Crippen molar-refractivity contribution in [3.8, 4) is 0 Å². The highest BCUT2D eigenvalue weighted by atomic mass is 35.5. The van der Waals surface area contributed by atoms with Crippen molar-refractivity contribution in [2.24, 2.45) is 0 Å². The van der Waals surface area contributed by atoms with E-state index in [1.165, 1.54) is 0 Å². The Morgan fingerprint density at radius 2 is 2.18 bits per heavy atom. The number of carbonyl (C=O) groups excluding carboxylic acids is 2. The zero-order valence-electron chi connectivity index (χ0n) is 9.53. The molecule has 0 aromatic heterocycles. The molecular formula is C12H14ClNO3. The van der Waals surface area contributed by atoms with Crippen LogP contribution in [0.4, 0.5) is 5.69 Å². The molecule has 1 rings (SSSR count). The summed E-state index contributed by atoms with van der Waals surface area (Å²) in [6, 6.07) is 6.59. The molecule has 0 atom stereocenters. The standard InChI is InChI=1S/C12H14ClNO3/c1-2-17-12(16)9-4-3-5-10(8-9)14-11(15)6-7-13/h3-5,8H,2,6-7H2,1H3,(H,14,15). The zero-order valence-corrected chi connectivity index (χ0v) is 10.3. The second-order valence-electron chi connectivity index (χ2n) is 3.29. The van der Waals surface area contributed by atoms with Crippen LogP contribution < -0.4 is 5.32 Å². The first-order valence-electron chi connectivity index (χ1n) is 5.30. The smallest absolute Gasteiger partial charge is 0.338 e. The molecule has 0 saturated heterocycles. The summed E-state index contributed by atoms with van der Waals surface area (Å²) >= 11 is 5.45. The average molecular weight is 256 g/mol. The fraction of sp³-hybridized carbons (Fsp3) is 0.333. The Morgan fingerprint density at radius 1 is 1.41 bits per heavy atom. The van der Waals surface area contributed by atoms with Crippen LogP contribution in [0.25, 0.3) is 0 Å². The number of ether oxygens (including phenoxy) is 1. The number of halogens is 1. The van der Waals surface area contributed by atoms with Crippen LogP contribution in [0.5, 0.6) is 0 Å². The molecular weight excluding hydrogens is 242 g/mol. The maximum Gasteiger partial charge on any atom is 0.338 e. The van der Waals surface area contributed by atoms with Gasteiger partial charge in [-0.05, 0) is 25.1 Å². The lowest BCUT2D eigenvalue weighted by molar-refractivity contribution is -0.115. The Morgan fingerprint density at radius 3 is 2.82 bits per heavy atom. The molecule has 1 N–H and O–H groups in total. The summed E-state index contributed by atoms with van der Waals surface area (Å²) in [4.78, 5) is 22.8. The van der Waals surface area contributed by atoms with Crippen LogP contribution in [0.1, 0.15) is 23.7 Å². The van der Waals surface area contributed by atoms with Gasteiger partial charge >= 0.3 is 5.97 Å². The van der Waals surface area contributed by atoms with Gasteiger partial charge in [0.05, 0.1) is 12.2 Å². The Balaban J connectivity index is 2.72. The van der Waals surface area contributed by atoms with Crippen molar-refractivity contribution >= 4 is 29.2 Å². The van der Waals surface area contributed by atoms with Gasteiger partial charge in [-0.3, -0.25) is 4.79 Å². The molecule has 0 fully saturated rings. The molecule has 0 aliphatic heterocycles. The summed E-state index contributed by atoms with van der Waals surface area (Å²) in [5.74, 6) is -0.314. The molecule has 1 aromatic rings. The topological polar surface area (TPSA) is 55.4 Å². The first-order chi connectivity index (χ1) is 8.17. The fourth-order valence-electron chi connectivity index (χ4n) is 1.25. The minimum absolute atomic E-state index is 0.180. The van der Waals surface area contributed by atoms with Gasteiger partial charge in [0.2, 0.25) is 5.91 Å². The SMILES string of the molecule is CCOC(=O)c1cccc(NC(=O)CCCl)c1. The van der Waals surface area contributed by atoms with E-state index in [4.69, 9.17) is 16.3 Å². The van der Waals surface area contributed by atoms with Gasteiger partial charge < -0.3 is 10.1 Å². The van der Waals surface area contributed by atoms with Crippen LogP contribution in [0.15, 0.2) is 24.3 Å². The van der Waals surface area contributed by atoms with Gasteiger partial charge in [0.15, 0.2) is 0 Å². The molecule has 0 unspecified atom stereocenters. The number of benzene rings is 1. The second kappa shape index (κ2) is 6.91. The van der Waals surface area contributed by atoms with Gasteiger partial charge in [0.1, 0.15) is 0 Å². The maximum atomic E-state index is 11.5. The van der Waals surface area contributed by atoms with E-state index in [1.807, 2.05) is 0 Å². The Bertz CT molecular complexity index is 406. The number of rotatable bonds is 5. The van der Waals surface area contributed by atoms with E-state index >= 15 is 0 Å². The third kappa shape index (κ3) is 4.44. The normalized spacial score (nSPS) is 9.76. The molecule has 0 aliphatic rings. The van der Waals surface area contributed by atoms with Crippen molar-refractivity contribution in [1.29, 1.82) is 0 Å². The third-order valence-corrected chi connectivity index (χ3v) is 2.17. The van der Waals surface area contributed by atoms with Crippen LogP contribution in [0.2, 0.25) is 0 Å². The lowest BCUT2D eigenvalue weighted by Crippen LogP contribution is -2.12. The maximum absolute atomic E-state index is 11.5. The highest BCUT2D eigenvalue weighted by Crippen LogP contribution is 2.12. The van der Waals surface area contributed by atoms with Crippen LogP contribution >= 0.6 is 11.6 Å². The summed E-state index contributed by atoms with van der Waals surface area (Å²) < 4.78 is 4.86. The second-order valence-corrected chi connectivity index (χ2v) is 3.67. The fourth-order valence-corrected chi connectivity index (χ4v) is 1.42. The summed E-state index contributed by atoms with van der Waals surface area (Å²) in [6.07, 6.45) is 0.241. The molecule has 5 heteroatoms. The number of esters is 1. The predicted molar refractivity (Wildman–Crippen MR) is 66.4 cm³/mol. The van der Waals surface area contributed by atoms with Crippen LogP contribution in [-0.2, 0) is 9.53 Å². The third-order valence-electron chi connectivity index (χ3n) is 1.98. The van der Waals surface area contributed by atoms with E-state index in [9.17, 15) is 9.59 Å².